The Morgan fingerprint density at radius 1 is 1.15 bits per heavy atom. The van der Waals surface area contributed by atoms with Gasteiger partial charge in [-0.3, -0.25) is 4.79 Å². The molecule has 5 nitrogen and oxygen atoms in total. The third-order valence-corrected chi connectivity index (χ3v) is 4.83. The van der Waals surface area contributed by atoms with E-state index in [1.807, 2.05) is 31.2 Å². The summed E-state index contributed by atoms with van der Waals surface area (Å²) in [5, 5.41) is 8.36. The molecule has 27 heavy (non-hydrogen) atoms. The monoisotopic (exact) mass is 382 g/mol. The Morgan fingerprint density at radius 3 is 2.67 bits per heavy atom. The molecule has 0 aliphatic carbocycles. The fourth-order valence-corrected chi connectivity index (χ4v) is 3.25. The third kappa shape index (κ3) is 5.20. The van der Waals surface area contributed by atoms with Crippen LogP contribution in [0, 0.1) is 6.92 Å². The second kappa shape index (κ2) is 8.86. The Labute approximate surface area is 163 Å². The van der Waals surface area contributed by atoms with Gasteiger partial charge in [0, 0.05) is 5.56 Å². The van der Waals surface area contributed by atoms with Crippen molar-refractivity contribution in [2.45, 2.75) is 38.5 Å². The summed E-state index contributed by atoms with van der Waals surface area (Å²) in [5.41, 5.74) is 2.95. The van der Waals surface area contributed by atoms with E-state index in [1.165, 1.54) is 11.8 Å². The van der Waals surface area contributed by atoms with Crippen LogP contribution in [-0.2, 0) is 6.61 Å². The van der Waals surface area contributed by atoms with Crippen LogP contribution in [0.5, 0.6) is 5.75 Å². The Bertz CT molecular complexity index is 907. The maximum Gasteiger partial charge on any atom is 0.277 e. The fourth-order valence-electron chi connectivity index (χ4n) is 2.57. The molecular weight excluding hydrogens is 360 g/mol. The van der Waals surface area contributed by atoms with Crippen molar-refractivity contribution in [3.63, 3.8) is 0 Å². The van der Waals surface area contributed by atoms with Crippen molar-refractivity contribution in [3.05, 3.63) is 71.1 Å². The van der Waals surface area contributed by atoms with E-state index in [-0.39, 0.29) is 18.1 Å². The minimum Gasteiger partial charge on any atom is -0.484 e. The number of nitrogens with zero attached hydrogens (tertiary/aromatic N) is 2. The molecule has 0 spiro atoms. The van der Waals surface area contributed by atoms with Gasteiger partial charge in [-0.2, -0.15) is 0 Å². The van der Waals surface area contributed by atoms with E-state index < -0.39 is 0 Å². The fraction of sp³-hybridized carbons (Fsp3) is 0.286. The number of ketones is 1. The average Bonchev–Trinajstić information content (AvgIpc) is 3.13. The highest BCUT2D eigenvalue weighted by atomic mass is 32.2. The van der Waals surface area contributed by atoms with Crippen LogP contribution in [0.4, 0.5) is 0 Å². The molecule has 140 valence electrons. The molecule has 1 heterocycles. The summed E-state index contributed by atoms with van der Waals surface area (Å²) in [6.07, 6.45) is 0. The van der Waals surface area contributed by atoms with E-state index in [1.54, 1.807) is 12.1 Å². The molecule has 0 N–H and O–H groups in total. The average molecular weight is 382 g/mol. The highest BCUT2D eigenvalue weighted by Gasteiger charge is 2.13. The van der Waals surface area contributed by atoms with Gasteiger partial charge in [0.2, 0.25) is 0 Å². The first-order valence-electron chi connectivity index (χ1n) is 8.79. The second-order valence-corrected chi connectivity index (χ2v) is 7.45. The first kappa shape index (κ1) is 19.2. The lowest BCUT2D eigenvalue weighted by Gasteiger charge is -2.13. The molecule has 0 aliphatic heterocycles. The highest BCUT2D eigenvalue weighted by Crippen LogP contribution is 2.28. The number of Topliss-reactive ketones (excluding diaryl/α,β-unsaturated/α-hetero) is 1. The highest BCUT2D eigenvalue weighted by molar-refractivity contribution is 7.99. The molecular formula is C21H22N2O3S. The van der Waals surface area contributed by atoms with Crippen LogP contribution in [0.3, 0.4) is 0 Å². The number of benzene rings is 2. The number of carbonyl (C=O) groups is 1. The van der Waals surface area contributed by atoms with Crippen molar-refractivity contribution in [2.75, 3.05) is 5.75 Å². The zero-order valence-electron chi connectivity index (χ0n) is 15.6. The third-order valence-electron chi connectivity index (χ3n) is 4.01. The van der Waals surface area contributed by atoms with E-state index in [0.717, 1.165) is 16.9 Å². The molecule has 0 amide bonds. The first-order chi connectivity index (χ1) is 13.0. The predicted octanol–water partition coefficient (Wildman–Crippen LogP) is 5.06. The van der Waals surface area contributed by atoms with Crippen molar-refractivity contribution in [3.8, 4) is 5.75 Å². The summed E-state index contributed by atoms with van der Waals surface area (Å²) in [5.74, 6) is 1.86. The van der Waals surface area contributed by atoms with Gasteiger partial charge >= 0.3 is 0 Å². The van der Waals surface area contributed by atoms with Crippen LogP contribution in [0.15, 0.2) is 58.2 Å². The maximum atomic E-state index is 12.1. The van der Waals surface area contributed by atoms with Crippen molar-refractivity contribution in [2.24, 2.45) is 0 Å². The number of rotatable bonds is 8. The molecule has 0 bridgehead atoms. The molecule has 0 fully saturated rings. The molecule has 3 aromatic rings. The van der Waals surface area contributed by atoms with Crippen LogP contribution in [0.1, 0.15) is 47.1 Å². The lowest BCUT2D eigenvalue weighted by Crippen LogP contribution is -2.01. The molecule has 0 unspecified atom stereocenters. The van der Waals surface area contributed by atoms with Gasteiger partial charge < -0.3 is 9.15 Å². The summed E-state index contributed by atoms with van der Waals surface area (Å²) in [6, 6.07) is 15.3. The molecule has 0 saturated carbocycles. The Hall–Kier alpha value is -2.60. The largest absolute Gasteiger partial charge is 0.484 e. The predicted molar refractivity (Wildman–Crippen MR) is 105 cm³/mol. The molecule has 3 rings (SSSR count). The molecule has 0 aliphatic rings. The number of carbonyl (C=O) groups excluding carboxylic acids is 1. The Morgan fingerprint density at radius 2 is 1.93 bits per heavy atom. The molecule has 2 aromatic carbocycles. The summed E-state index contributed by atoms with van der Waals surface area (Å²) in [7, 11) is 0. The standard InChI is InChI=1S/C21H22N2O3S/c1-14(2)17-10-9-15(3)11-19(17)25-12-20-22-23-21(26-20)27-13-18(24)16-7-5-4-6-8-16/h4-11,14H,12-13H2,1-3H3. The van der Waals surface area contributed by atoms with E-state index in [9.17, 15) is 4.79 Å². The molecule has 6 heteroatoms. The normalized spacial score (nSPS) is 11.0. The molecule has 0 atom stereocenters. The van der Waals surface area contributed by atoms with Gasteiger partial charge in [-0.15, -0.1) is 10.2 Å². The zero-order chi connectivity index (χ0) is 19.2. The summed E-state index contributed by atoms with van der Waals surface area (Å²) < 4.78 is 11.5. The minimum absolute atomic E-state index is 0.0259. The number of ether oxygens (including phenoxy) is 1. The maximum absolute atomic E-state index is 12.1. The SMILES string of the molecule is Cc1ccc(C(C)C)c(OCc2nnc(SCC(=O)c3ccccc3)o2)c1. The summed E-state index contributed by atoms with van der Waals surface area (Å²) in [4.78, 5) is 12.1. The summed E-state index contributed by atoms with van der Waals surface area (Å²) >= 11 is 1.23. The van der Waals surface area contributed by atoms with Crippen LogP contribution in [-0.4, -0.2) is 21.7 Å². The van der Waals surface area contributed by atoms with E-state index in [2.05, 4.69) is 36.2 Å². The molecule has 0 saturated heterocycles. The van der Waals surface area contributed by atoms with Crippen molar-refractivity contribution in [1.82, 2.24) is 10.2 Å². The van der Waals surface area contributed by atoms with Gasteiger partial charge in [0.05, 0.1) is 5.75 Å². The van der Waals surface area contributed by atoms with Crippen LogP contribution in [0.2, 0.25) is 0 Å². The lowest BCUT2D eigenvalue weighted by molar-refractivity contribution is 0.102. The van der Waals surface area contributed by atoms with Gasteiger partial charge in [-0.25, -0.2) is 0 Å². The smallest absolute Gasteiger partial charge is 0.277 e. The lowest BCUT2D eigenvalue weighted by atomic mass is 10.0. The van der Waals surface area contributed by atoms with Crippen molar-refractivity contribution >= 4 is 17.5 Å². The number of aromatic nitrogens is 2. The topological polar surface area (TPSA) is 65.2 Å². The van der Waals surface area contributed by atoms with Gasteiger partial charge in [0.25, 0.3) is 11.1 Å². The van der Waals surface area contributed by atoms with E-state index in [4.69, 9.17) is 9.15 Å². The second-order valence-electron chi connectivity index (χ2n) is 6.52. The van der Waals surface area contributed by atoms with Gasteiger partial charge in [-0.05, 0) is 30.0 Å². The molecule has 1 aromatic heterocycles. The van der Waals surface area contributed by atoms with Crippen LogP contribution in [0.25, 0.3) is 0 Å². The number of hydrogen-bond acceptors (Lipinski definition) is 6. The van der Waals surface area contributed by atoms with Crippen LogP contribution < -0.4 is 4.74 Å². The summed E-state index contributed by atoms with van der Waals surface area (Å²) in [6.45, 7) is 6.48. The first-order valence-corrected chi connectivity index (χ1v) is 9.78. The quantitative estimate of drug-likeness (QED) is 0.401. The van der Waals surface area contributed by atoms with Crippen molar-refractivity contribution in [1.29, 1.82) is 0 Å². The molecule has 0 radical (unpaired) electrons. The minimum atomic E-state index is 0.0259. The van der Waals surface area contributed by atoms with E-state index >= 15 is 0 Å². The Balaban J connectivity index is 1.57. The number of hydrogen-bond donors (Lipinski definition) is 0. The number of aryl methyl sites for hydroxylation is 1. The Kier molecular flexibility index (Phi) is 6.29. The van der Waals surface area contributed by atoms with E-state index in [0.29, 0.717) is 22.6 Å². The number of thioether (sulfide) groups is 1. The van der Waals surface area contributed by atoms with Gasteiger partial charge in [-0.1, -0.05) is 68.1 Å². The zero-order valence-corrected chi connectivity index (χ0v) is 16.5. The van der Waals surface area contributed by atoms with Crippen LogP contribution >= 0.6 is 11.8 Å². The van der Waals surface area contributed by atoms with Gasteiger partial charge in [0.15, 0.2) is 12.4 Å². The van der Waals surface area contributed by atoms with Crippen molar-refractivity contribution < 1.29 is 13.9 Å². The van der Waals surface area contributed by atoms with Gasteiger partial charge in [0.1, 0.15) is 5.75 Å².